The number of carboxylic acid groups (broad SMARTS) is 1. The highest BCUT2D eigenvalue weighted by molar-refractivity contribution is 5.87. The molecule has 0 bridgehead atoms. The molecule has 2 rings (SSSR count). The van der Waals surface area contributed by atoms with Gasteiger partial charge in [0.1, 0.15) is 0 Å². The van der Waals surface area contributed by atoms with Crippen LogP contribution in [0.15, 0.2) is 30.3 Å². The second-order valence-corrected chi connectivity index (χ2v) is 6.85. The Hall–Kier alpha value is -2.94. The highest BCUT2D eigenvalue weighted by Crippen LogP contribution is 2.18. The van der Waals surface area contributed by atoms with Gasteiger partial charge >= 0.3 is 0 Å². The molecule has 0 spiro atoms. The number of benzene rings is 1. The molecule has 9 heteroatoms. The number of piperidine rings is 1. The Bertz CT molecular complexity index is 702. The van der Waals surface area contributed by atoms with E-state index in [2.05, 4.69) is 16.4 Å². The van der Waals surface area contributed by atoms with Gasteiger partial charge in [0.25, 0.3) is 5.91 Å². The molecule has 1 aromatic carbocycles. The Labute approximate surface area is 163 Å². The maximum Gasteiger partial charge on any atom is 0.281 e. The van der Waals surface area contributed by atoms with Gasteiger partial charge in [-0.25, -0.2) is 0 Å². The third-order valence-electron chi connectivity index (χ3n) is 4.70. The van der Waals surface area contributed by atoms with Crippen molar-refractivity contribution in [2.45, 2.75) is 25.3 Å². The number of hydrogen-bond donors (Lipinski definition) is 3. The van der Waals surface area contributed by atoms with Gasteiger partial charge in [-0.15, -0.1) is 0 Å². The SMILES string of the molecule is [NH3+][C@@H](Cc1ccccc1)C(=O)N1CCC(C(=O)NCC(=O)NCC(=O)[O-])CC1. The molecule has 3 amide bonds. The second kappa shape index (κ2) is 10.4. The van der Waals surface area contributed by atoms with Crippen molar-refractivity contribution in [3.8, 4) is 0 Å². The molecule has 1 fully saturated rings. The number of hydrogen-bond acceptors (Lipinski definition) is 5. The number of carboxylic acids is 1. The molecule has 1 atom stereocenters. The zero-order valence-corrected chi connectivity index (χ0v) is 15.7. The molecule has 0 unspecified atom stereocenters. The molecule has 9 nitrogen and oxygen atoms in total. The number of quaternary nitrogens is 1. The zero-order chi connectivity index (χ0) is 20.5. The lowest BCUT2D eigenvalue weighted by atomic mass is 9.95. The van der Waals surface area contributed by atoms with Crippen molar-refractivity contribution < 1.29 is 30.0 Å². The summed E-state index contributed by atoms with van der Waals surface area (Å²) in [5.74, 6) is -2.57. The fraction of sp³-hybridized carbons (Fsp3) is 0.474. The van der Waals surface area contributed by atoms with Crippen LogP contribution >= 0.6 is 0 Å². The summed E-state index contributed by atoms with van der Waals surface area (Å²) < 4.78 is 0. The first-order chi connectivity index (χ1) is 13.4. The first kappa shape index (κ1) is 21.4. The van der Waals surface area contributed by atoms with Crippen LogP contribution in [0.4, 0.5) is 0 Å². The lowest BCUT2D eigenvalue weighted by molar-refractivity contribution is -0.405. The average Bonchev–Trinajstić information content (AvgIpc) is 2.70. The average molecular weight is 390 g/mol. The number of aliphatic carboxylic acids is 1. The van der Waals surface area contributed by atoms with Crippen LogP contribution in [0.3, 0.4) is 0 Å². The third kappa shape index (κ3) is 6.66. The maximum absolute atomic E-state index is 12.6. The molecular formula is C19H26N4O5. The van der Waals surface area contributed by atoms with Crippen LogP contribution < -0.4 is 21.5 Å². The van der Waals surface area contributed by atoms with Gasteiger partial charge < -0.3 is 31.2 Å². The van der Waals surface area contributed by atoms with Crippen LogP contribution in [-0.4, -0.2) is 60.8 Å². The molecule has 0 radical (unpaired) electrons. The Morgan fingerprint density at radius 2 is 1.71 bits per heavy atom. The van der Waals surface area contributed by atoms with E-state index in [0.717, 1.165) is 5.56 Å². The first-order valence-corrected chi connectivity index (χ1v) is 9.27. The highest BCUT2D eigenvalue weighted by Gasteiger charge is 2.31. The van der Waals surface area contributed by atoms with Gasteiger partial charge in [0, 0.05) is 25.4 Å². The minimum Gasteiger partial charge on any atom is -0.548 e. The minimum absolute atomic E-state index is 0.0237. The largest absolute Gasteiger partial charge is 0.548 e. The van der Waals surface area contributed by atoms with Gasteiger partial charge in [0.05, 0.1) is 19.1 Å². The molecule has 1 aliphatic rings. The molecule has 1 aliphatic heterocycles. The normalized spacial score (nSPS) is 15.5. The molecule has 1 aromatic rings. The van der Waals surface area contributed by atoms with Gasteiger partial charge in [-0.3, -0.25) is 14.4 Å². The summed E-state index contributed by atoms with van der Waals surface area (Å²) in [6.45, 7) is 0.0525. The van der Waals surface area contributed by atoms with Crippen molar-refractivity contribution >= 4 is 23.7 Å². The molecule has 0 aromatic heterocycles. The van der Waals surface area contributed by atoms with Gasteiger partial charge in [-0.05, 0) is 18.4 Å². The number of rotatable bonds is 8. The van der Waals surface area contributed by atoms with Crippen molar-refractivity contribution in [1.29, 1.82) is 0 Å². The Kier molecular flexibility index (Phi) is 7.94. The molecule has 0 saturated carbocycles. The lowest BCUT2D eigenvalue weighted by Crippen LogP contribution is -2.69. The minimum atomic E-state index is -1.40. The molecular weight excluding hydrogens is 364 g/mol. The fourth-order valence-corrected chi connectivity index (χ4v) is 3.15. The summed E-state index contributed by atoms with van der Waals surface area (Å²) in [6, 6.07) is 9.33. The van der Waals surface area contributed by atoms with E-state index >= 15 is 0 Å². The zero-order valence-electron chi connectivity index (χ0n) is 15.7. The van der Waals surface area contributed by atoms with E-state index in [1.54, 1.807) is 4.90 Å². The van der Waals surface area contributed by atoms with E-state index in [0.29, 0.717) is 32.4 Å². The number of carbonyl (C=O) groups is 4. The Balaban J connectivity index is 1.72. The van der Waals surface area contributed by atoms with E-state index in [-0.39, 0.29) is 30.3 Å². The quantitative estimate of drug-likeness (QED) is 0.435. The van der Waals surface area contributed by atoms with Gasteiger partial charge in [0.15, 0.2) is 6.04 Å². The predicted molar refractivity (Wildman–Crippen MR) is 97.2 cm³/mol. The third-order valence-corrected chi connectivity index (χ3v) is 4.70. The van der Waals surface area contributed by atoms with Crippen LogP contribution in [-0.2, 0) is 25.6 Å². The molecule has 5 N–H and O–H groups in total. The maximum atomic E-state index is 12.6. The van der Waals surface area contributed by atoms with Crippen LogP contribution in [0.5, 0.6) is 0 Å². The van der Waals surface area contributed by atoms with Crippen molar-refractivity contribution in [3.05, 3.63) is 35.9 Å². The fourth-order valence-electron chi connectivity index (χ4n) is 3.15. The molecule has 0 aliphatic carbocycles. The molecule has 1 saturated heterocycles. The molecule has 1 heterocycles. The van der Waals surface area contributed by atoms with E-state index < -0.39 is 18.4 Å². The monoisotopic (exact) mass is 390 g/mol. The van der Waals surface area contributed by atoms with Crippen molar-refractivity contribution in [1.82, 2.24) is 15.5 Å². The van der Waals surface area contributed by atoms with Crippen LogP contribution in [0.2, 0.25) is 0 Å². The molecule has 152 valence electrons. The lowest BCUT2D eigenvalue weighted by Gasteiger charge is -2.32. The number of nitrogens with zero attached hydrogens (tertiary/aromatic N) is 1. The summed E-state index contributed by atoms with van der Waals surface area (Å²) in [7, 11) is 0. The number of amides is 3. The summed E-state index contributed by atoms with van der Waals surface area (Å²) >= 11 is 0. The van der Waals surface area contributed by atoms with Crippen molar-refractivity contribution in [3.63, 3.8) is 0 Å². The summed E-state index contributed by atoms with van der Waals surface area (Å²) in [6.07, 6.45) is 1.59. The topological polar surface area (TPSA) is 146 Å². The van der Waals surface area contributed by atoms with Crippen molar-refractivity contribution in [2.75, 3.05) is 26.2 Å². The smallest absolute Gasteiger partial charge is 0.281 e. The Morgan fingerprint density at radius 3 is 2.32 bits per heavy atom. The number of likely N-dealkylation sites (tertiary alicyclic amines) is 1. The van der Waals surface area contributed by atoms with Crippen LogP contribution in [0, 0.1) is 5.92 Å². The molecule has 28 heavy (non-hydrogen) atoms. The van der Waals surface area contributed by atoms with Gasteiger partial charge in [-0.1, -0.05) is 30.3 Å². The van der Waals surface area contributed by atoms with E-state index in [1.807, 2.05) is 30.3 Å². The van der Waals surface area contributed by atoms with Crippen LogP contribution in [0.25, 0.3) is 0 Å². The van der Waals surface area contributed by atoms with Gasteiger partial charge in [-0.2, -0.15) is 0 Å². The van der Waals surface area contributed by atoms with E-state index in [9.17, 15) is 24.3 Å². The number of nitrogens with one attached hydrogen (secondary N) is 2. The highest BCUT2D eigenvalue weighted by atomic mass is 16.4. The number of carbonyl (C=O) groups excluding carboxylic acids is 4. The van der Waals surface area contributed by atoms with E-state index in [1.165, 1.54) is 0 Å². The van der Waals surface area contributed by atoms with Gasteiger partial charge in [0.2, 0.25) is 11.8 Å². The van der Waals surface area contributed by atoms with Crippen LogP contribution in [0.1, 0.15) is 18.4 Å². The summed E-state index contributed by atoms with van der Waals surface area (Å²) in [4.78, 5) is 48.2. The summed E-state index contributed by atoms with van der Waals surface area (Å²) in [5, 5.41) is 14.9. The predicted octanol–water partition coefficient (Wildman–Crippen LogP) is -2.94. The first-order valence-electron chi connectivity index (χ1n) is 9.27. The Morgan fingerprint density at radius 1 is 1.07 bits per heavy atom. The second-order valence-electron chi connectivity index (χ2n) is 6.85. The summed E-state index contributed by atoms with van der Waals surface area (Å²) in [5.41, 5.74) is 5.04. The van der Waals surface area contributed by atoms with E-state index in [4.69, 9.17) is 0 Å². The van der Waals surface area contributed by atoms with Crippen molar-refractivity contribution in [2.24, 2.45) is 5.92 Å². The standard InChI is InChI=1S/C19H26N4O5/c20-15(10-13-4-2-1-3-5-13)19(28)23-8-6-14(7-9-23)18(27)22-11-16(24)21-12-17(25)26/h1-5,14-15H,6-12,20H2,(H,21,24)(H,22,27)(H,25,26)/t15-/m0/s1.